The maximum absolute atomic E-state index is 13.2. The number of ketones is 1. The van der Waals surface area contributed by atoms with Crippen LogP contribution in [0.1, 0.15) is 40.7 Å². The summed E-state index contributed by atoms with van der Waals surface area (Å²) in [5, 5.41) is 21.7. The molecule has 1 aliphatic carbocycles. The maximum Gasteiger partial charge on any atom is 0.270 e. The standard InChI is InChI=1S/C20H16N4O4S/c25-14-9-11(15-2-1-7-29-15)8-13-17(14)16(18-19(21-13)22-23-20(18)26)10-3-5-12(6-4-10)24(27)28/h1-7,11,16H,8-9H2,(H3,21,22,23,26). The van der Waals surface area contributed by atoms with Crippen LogP contribution >= 0.6 is 11.3 Å². The molecule has 3 N–H and O–H groups in total. The lowest BCUT2D eigenvalue weighted by Crippen LogP contribution is -2.31. The Balaban J connectivity index is 1.63. The van der Waals surface area contributed by atoms with E-state index in [0.717, 1.165) is 10.6 Å². The quantitative estimate of drug-likeness (QED) is 0.451. The molecule has 9 heteroatoms. The molecule has 1 aliphatic heterocycles. The highest BCUT2D eigenvalue weighted by atomic mass is 32.1. The van der Waals surface area contributed by atoms with E-state index >= 15 is 0 Å². The maximum atomic E-state index is 13.2. The number of hydrogen-bond donors (Lipinski definition) is 3. The summed E-state index contributed by atoms with van der Waals surface area (Å²) in [5.74, 6) is 0.0656. The van der Waals surface area contributed by atoms with Crippen molar-refractivity contribution < 1.29 is 9.72 Å². The van der Waals surface area contributed by atoms with Gasteiger partial charge in [0.2, 0.25) is 0 Å². The number of non-ortho nitro benzene ring substituents is 1. The van der Waals surface area contributed by atoms with Gasteiger partial charge in [0.05, 0.1) is 10.5 Å². The molecule has 0 spiro atoms. The normalized spacial score (nSPS) is 20.8. The highest BCUT2D eigenvalue weighted by Crippen LogP contribution is 2.47. The van der Waals surface area contributed by atoms with Crippen LogP contribution in [-0.2, 0) is 4.79 Å². The lowest BCUT2D eigenvalue weighted by Gasteiger charge is -2.34. The molecular formula is C20H16N4O4S. The number of carbonyl (C=O) groups is 1. The zero-order valence-electron chi connectivity index (χ0n) is 15.1. The Morgan fingerprint density at radius 3 is 2.55 bits per heavy atom. The molecule has 0 radical (unpaired) electrons. The van der Waals surface area contributed by atoms with E-state index < -0.39 is 10.8 Å². The van der Waals surface area contributed by atoms with E-state index in [1.54, 1.807) is 23.5 Å². The van der Waals surface area contributed by atoms with Crippen LogP contribution in [0.4, 0.5) is 11.5 Å². The molecule has 5 rings (SSSR count). The van der Waals surface area contributed by atoms with Gasteiger partial charge in [0.25, 0.3) is 11.2 Å². The molecule has 2 aromatic heterocycles. The summed E-state index contributed by atoms with van der Waals surface area (Å²) in [6, 6.07) is 10.1. The van der Waals surface area contributed by atoms with Crippen LogP contribution in [0.5, 0.6) is 0 Å². The van der Waals surface area contributed by atoms with E-state index in [-0.39, 0.29) is 22.9 Å². The minimum atomic E-state index is -0.561. The van der Waals surface area contributed by atoms with Crippen molar-refractivity contribution in [2.24, 2.45) is 0 Å². The van der Waals surface area contributed by atoms with Gasteiger partial charge in [-0.3, -0.25) is 29.9 Å². The fraction of sp³-hybridized carbons (Fsp3) is 0.200. The number of H-pyrrole nitrogens is 2. The first-order valence-electron chi connectivity index (χ1n) is 9.14. The highest BCUT2D eigenvalue weighted by molar-refractivity contribution is 7.10. The van der Waals surface area contributed by atoms with Crippen LogP contribution in [0, 0.1) is 10.1 Å². The average Bonchev–Trinajstić information content (AvgIpc) is 3.37. The van der Waals surface area contributed by atoms with Crippen molar-refractivity contribution in [2.75, 3.05) is 5.32 Å². The molecule has 3 aromatic rings. The summed E-state index contributed by atoms with van der Waals surface area (Å²) < 4.78 is 0. The number of anilines is 1. The van der Waals surface area contributed by atoms with Crippen molar-refractivity contribution >= 4 is 28.6 Å². The van der Waals surface area contributed by atoms with Gasteiger partial charge in [-0.2, -0.15) is 0 Å². The molecule has 0 saturated heterocycles. The van der Waals surface area contributed by atoms with Gasteiger partial charge < -0.3 is 5.32 Å². The molecule has 2 unspecified atom stereocenters. The van der Waals surface area contributed by atoms with E-state index in [4.69, 9.17) is 0 Å². The molecule has 2 atom stereocenters. The second-order valence-corrected chi connectivity index (χ2v) is 8.19. The fourth-order valence-electron chi connectivity index (χ4n) is 4.27. The topological polar surface area (TPSA) is 121 Å². The zero-order chi connectivity index (χ0) is 20.1. The fourth-order valence-corrected chi connectivity index (χ4v) is 5.10. The van der Waals surface area contributed by atoms with E-state index in [1.165, 1.54) is 12.1 Å². The molecule has 2 aliphatic rings. The number of nitrogens with zero attached hydrogens (tertiary/aromatic N) is 1. The third-order valence-corrected chi connectivity index (χ3v) is 6.59. The number of nitro groups is 1. The molecule has 1 aromatic carbocycles. The van der Waals surface area contributed by atoms with Crippen molar-refractivity contribution in [1.29, 1.82) is 0 Å². The predicted octanol–water partition coefficient (Wildman–Crippen LogP) is 3.63. The highest BCUT2D eigenvalue weighted by Gasteiger charge is 2.40. The minimum Gasteiger partial charge on any atom is -0.343 e. The lowest BCUT2D eigenvalue weighted by atomic mass is 9.74. The first kappa shape index (κ1) is 17.6. The molecule has 3 heterocycles. The van der Waals surface area contributed by atoms with Gasteiger partial charge in [0.15, 0.2) is 5.78 Å². The van der Waals surface area contributed by atoms with Crippen LogP contribution in [0.15, 0.2) is 57.8 Å². The van der Waals surface area contributed by atoms with Crippen molar-refractivity contribution in [3.8, 4) is 0 Å². The van der Waals surface area contributed by atoms with Crippen molar-refractivity contribution in [2.45, 2.75) is 24.7 Å². The van der Waals surface area contributed by atoms with Gasteiger partial charge in [-0.25, -0.2) is 0 Å². The van der Waals surface area contributed by atoms with Gasteiger partial charge in [-0.1, -0.05) is 18.2 Å². The number of rotatable bonds is 3. The summed E-state index contributed by atoms with van der Waals surface area (Å²) in [7, 11) is 0. The second-order valence-electron chi connectivity index (χ2n) is 7.21. The van der Waals surface area contributed by atoms with Gasteiger partial charge in [-0.15, -0.1) is 11.3 Å². The van der Waals surface area contributed by atoms with Gasteiger partial charge in [0.1, 0.15) is 5.82 Å². The summed E-state index contributed by atoms with van der Waals surface area (Å²) in [5.41, 5.74) is 2.14. The average molecular weight is 408 g/mol. The number of benzene rings is 1. The first-order valence-corrected chi connectivity index (χ1v) is 10.0. The van der Waals surface area contributed by atoms with Gasteiger partial charge in [0, 0.05) is 46.5 Å². The monoisotopic (exact) mass is 408 g/mol. The molecule has 0 saturated carbocycles. The number of aromatic amines is 2. The SMILES string of the molecule is O=C1CC(c2cccs2)CC2=C1C(c1ccc([N+](=O)[O-])cc1)c1c([nH][nH]c1=O)N2. The third kappa shape index (κ3) is 2.82. The Bertz CT molecular complexity index is 1200. The van der Waals surface area contributed by atoms with Crippen molar-refractivity contribution in [3.63, 3.8) is 0 Å². The summed E-state index contributed by atoms with van der Waals surface area (Å²) >= 11 is 1.63. The predicted molar refractivity (Wildman–Crippen MR) is 108 cm³/mol. The summed E-state index contributed by atoms with van der Waals surface area (Å²) in [6.45, 7) is 0. The van der Waals surface area contributed by atoms with Crippen LogP contribution in [0.25, 0.3) is 0 Å². The third-order valence-electron chi connectivity index (χ3n) is 5.56. The molecule has 29 heavy (non-hydrogen) atoms. The lowest BCUT2D eigenvalue weighted by molar-refractivity contribution is -0.384. The minimum absolute atomic E-state index is 0.00764. The Morgan fingerprint density at radius 2 is 1.86 bits per heavy atom. The molecule has 0 amide bonds. The number of nitro benzene ring substituents is 1. The van der Waals surface area contributed by atoms with Crippen LogP contribution in [0.3, 0.4) is 0 Å². The van der Waals surface area contributed by atoms with E-state index in [0.29, 0.717) is 35.4 Å². The Kier molecular flexibility index (Phi) is 3.99. The number of allylic oxidation sites excluding steroid dienone is 2. The second kappa shape index (κ2) is 6.56. The number of nitrogens with one attached hydrogen (secondary N) is 3. The summed E-state index contributed by atoms with van der Waals surface area (Å²) in [6.07, 6.45) is 1.04. The van der Waals surface area contributed by atoms with Crippen LogP contribution in [0.2, 0.25) is 0 Å². The first-order chi connectivity index (χ1) is 14.0. The largest absolute Gasteiger partial charge is 0.343 e. The number of hydrogen-bond acceptors (Lipinski definition) is 6. The van der Waals surface area contributed by atoms with Crippen molar-refractivity contribution in [1.82, 2.24) is 10.2 Å². The van der Waals surface area contributed by atoms with Crippen LogP contribution in [-0.4, -0.2) is 20.9 Å². The Labute approximate surface area is 168 Å². The number of fused-ring (bicyclic) bond motifs is 1. The summed E-state index contributed by atoms with van der Waals surface area (Å²) in [4.78, 5) is 37.4. The van der Waals surface area contributed by atoms with Crippen molar-refractivity contribution in [3.05, 3.63) is 89.5 Å². The number of thiophene rings is 1. The molecule has 0 fully saturated rings. The van der Waals surface area contributed by atoms with Crippen LogP contribution < -0.4 is 10.9 Å². The van der Waals surface area contributed by atoms with Gasteiger partial charge in [-0.05, 0) is 23.4 Å². The number of Topliss-reactive ketones (excluding diaryl/α,β-unsaturated/α-hetero) is 1. The van der Waals surface area contributed by atoms with Gasteiger partial charge >= 0.3 is 0 Å². The van der Waals surface area contributed by atoms with E-state index in [1.807, 2.05) is 17.5 Å². The Hall–Kier alpha value is -3.46. The Morgan fingerprint density at radius 1 is 1.07 bits per heavy atom. The number of aromatic nitrogens is 2. The smallest absolute Gasteiger partial charge is 0.270 e. The molecule has 8 nitrogen and oxygen atoms in total. The van der Waals surface area contributed by atoms with E-state index in [9.17, 15) is 19.7 Å². The van der Waals surface area contributed by atoms with E-state index in [2.05, 4.69) is 15.5 Å². The zero-order valence-corrected chi connectivity index (χ0v) is 15.9. The molecular weight excluding hydrogens is 392 g/mol. The number of carbonyl (C=O) groups excluding carboxylic acids is 1. The molecule has 0 bridgehead atoms. The molecule has 146 valence electrons.